The van der Waals surface area contributed by atoms with Crippen LogP contribution in [-0.4, -0.2) is 30.2 Å². The van der Waals surface area contributed by atoms with Crippen LogP contribution in [0.3, 0.4) is 0 Å². The highest BCUT2D eigenvalue weighted by Crippen LogP contribution is 2.41. The van der Waals surface area contributed by atoms with Crippen molar-refractivity contribution in [3.63, 3.8) is 0 Å². The van der Waals surface area contributed by atoms with E-state index in [2.05, 4.69) is 19.2 Å². The maximum Gasteiger partial charge on any atom is 0.290 e. The summed E-state index contributed by atoms with van der Waals surface area (Å²) in [6.45, 7) is 5.89. The van der Waals surface area contributed by atoms with E-state index in [-0.39, 0.29) is 44.7 Å². The Labute approximate surface area is 218 Å². The van der Waals surface area contributed by atoms with Crippen molar-refractivity contribution in [1.82, 2.24) is 0 Å². The largest absolute Gasteiger partial charge is 0.483 e. The molecule has 0 saturated heterocycles. The van der Waals surface area contributed by atoms with Crippen molar-refractivity contribution in [1.29, 1.82) is 0 Å². The molecule has 37 heavy (non-hydrogen) atoms. The predicted molar refractivity (Wildman–Crippen MR) is 144 cm³/mol. The summed E-state index contributed by atoms with van der Waals surface area (Å²) < 4.78 is 33.3. The van der Waals surface area contributed by atoms with Gasteiger partial charge in [0.1, 0.15) is 11.6 Å². The second-order valence-electron chi connectivity index (χ2n) is 8.28. The minimum absolute atomic E-state index is 0. The Morgan fingerprint density at radius 2 is 1.62 bits per heavy atom. The number of ketones is 2. The number of ether oxygens (including phenoxy) is 1. The summed E-state index contributed by atoms with van der Waals surface area (Å²) in [7, 11) is 1.75. The highest BCUT2D eigenvalue weighted by Gasteiger charge is 2.33. The first-order valence-corrected chi connectivity index (χ1v) is 12.0. The highest BCUT2D eigenvalue weighted by atomic mass is 19.1. The summed E-state index contributed by atoms with van der Waals surface area (Å²) in [5, 5.41) is 9.92. The van der Waals surface area contributed by atoms with E-state index in [0.717, 1.165) is 17.8 Å². The van der Waals surface area contributed by atoms with E-state index in [1.807, 2.05) is 6.92 Å². The molecule has 2 N–H and O–H groups in total. The summed E-state index contributed by atoms with van der Waals surface area (Å²) in [5.74, 6) is -1.86. The molecule has 200 valence electrons. The summed E-state index contributed by atoms with van der Waals surface area (Å²) in [6, 6.07) is 13.4. The Hall–Kier alpha value is -4.07. The van der Waals surface area contributed by atoms with Crippen LogP contribution in [0.5, 0.6) is 11.5 Å². The van der Waals surface area contributed by atoms with Gasteiger partial charge in [-0.3, -0.25) is 14.4 Å². The molecule has 8 heteroatoms. The zero-order valence-corrected chi connectivity index (χ0v) is 21.3. The molecule has 0 amide bonds. The molecule has 3 aromatic carbocycles. The number of nitrogens with one attached hydrogen (secondary N) is 1. The van der Waals surface area contributed by atoms with Gasteiger partial charge in [0.05, 0.1) is 0 Å². The van der Waals surface area contributed by atoms with Crippen molar-refractivity contribution >= 4 is 23.7 Å². The number of carboxylic acid groups (broad SMARTS) is 1. The summed E-state index contributed by atoms with van der Waals surface area (Å²) in [4.78, 5) is 34.2. The van der Waals surface area contributed by atoms with Gasteiger partial charge in [0.2, 0.25) is 0 Å². The van der Waals surface area contributed by atoms with Crippen LogP contribution in [0.4, 0.5) is 14.5 Å². The molecule has 0 spiro atoms. The highest BCUT2D eigenvalue weighted by molar-refractivity contribution is 6.18. The molecule has 0 bridgehead atoms. The quantitative estimate of drug-likeness (QED) is 0.336. The molecular weight excluding hydrogens is 480 g/mol. The lowest BCUT2D eigenvalue weighted by Gasteiger charge is -2.24. The Morgan fingerprint density at radius 3 is 2.22 bits per heavy atom. The normalized spacial score (nSPS) is 13.8. The fraction of sp³-hybridized carbons (Fsp3) is 0.276. The maximum atomic E-state index is 14.2. The molecule has 0 saturated carbocycles. The third-order valence-electron chi connectivity index (χ3n) is 5.58. The van der Waals surface area contributed by atoms with Crippen molar-refractivity contribution in [2.45, 2.75) is 40.0 Å². The maximum absolute atomic E-state index is 14.2. The molecule has 3 aromatic rings. The zero-order chi connectivity index (χ0) is 27.5. The van der Waals surface area contributed by atoms with Gasteiger partial charge in [-0.2, -0.15) is 0 Å². The van der Waals surface area contributed by atoms with Crippen LogP contribution in [0, 0.1) is 17.6 Å². The SMILES string of the molecule is CCC.CCC1CC(=O)c2c(cccc2-c2cc(NC)ccc2Oc2ccc(F)cc2F)C1=O.O=CO.[HH].[HH]. The van der Waals surface area contributed by atoms with Crippen LogP contribution in [-0.2, 0) is 4.79 Å². The lowest BCUT2D eigenvalue weighted by molar-refractivity contribution is -0.122. The lowest BCUT2D eigenvalue weighted by Crippen LogP contribution is -2.27. The lowest BCUT2D eigenvalue weighted by atomic mass is 9.77. The Balaban J connectivity index is 0.00000166. The van der Waals surface area contributed by atoms with Gasteiger partial charge in [0.15, 0.2) is 23.1 Å². The first-order chi connectivity index (χ1) is 17.8. The van der Waals surface area contributed by atoms with E-state index in [1.54, 1.807) is 43.4 Å². The first-order valence-electron chi connectivity index (χ1n) is 12.0. The van der Waals surface area contributed by atoms with Gasteiger partial charge in [-0.1, -0.05) is 45.4 Å². The second kappa shape index (κ2) is 13.9. The molecule has 0 fully saturated rings. The van der Waals surface area contributed by atoms with E-state index in [0.29, 0.717) is 28.7 Å². The molecule has 1 aliphatic carbocycles. The van der Waals surface area contributed by atoms with Crippen molar-refractivity contribution in [2.75, 3.05) is 12.4 Å². The van der Waals surface area contributed by atoms with Crippen LogP contribution in [0.2, 0.25) is 0 Å². The monoisotopic (exact) mass is 515 g/mol. The fourth-order valence-electron chi connectivity index (χ4n) is 3.91. The van der Waals surface area contributed by atoms with Crippen molar-refractivity contribution in [2.24, 2.45) is 5.92 Å². The molecule has 0 heterocycles. The summed E-state index contributed by atoms with van der Waals surface area (Å²) in [5.41, 5.74) is 2.58. The van der Waals surface area contributed by atoms with Gasteiger partial charge in [0, 0.05) is 50.7 Å². The van der Waals surface area contributed by atoms with E-state index >= 15 is 0 Å². The molecular formula is C29H35F2NO5. The third-order valence-corrected chi connectivity index (χ3v) is 5.58. The van der Waals surface area contributed by atoms with E-state index in [9.17, 15) is 18.4 Å². The third kappa shape index (κ3) is 7.00. The van der Waals surface area contributed by atoms with Crippen LogP contribution in [0.25, 0.3) is 11.1 Å². The molecule has 1 unspecified atom stereocenters. The van der Waals surface area contributed by atoms with Crippen LogP contribution in [0.1, 0.15) is 63.6 Å². The first kappa shape index (κ1) is 29.2. The van der Waals surface area contributed by atoms with Gasteiger partial charge in [-0.05, 0) is 42.3 Å². The number of carbonyl (C=O) groups is 3. The minimum Gasteiger partial charge on any atom is -0.483 e. The average molecular weight is 516 g/mol. The number of anilines is 1. The zero-order valence-electron chi connectivity index (χ0n) is 21.3. The molecule has 1 atom stereocenters. The second-order valence-corrected chi connectivity index (χ2v) is 8.28. The molecule has 0 aliphatic heterocycles. The molecule has 4 rings (SSSR count). The number of halogens is 2. The fourth-order valence-corrected chi connectivity index (χ4v) is 3.91. The number of Topliss-reactive ketones (excluding diaryl/α,β-unsaturated/α-hetero) is 2. The van der Waals surface area contributed by atoms with Crippen molar-refractivity contribution in [3.8, 4) is 22.6 Å². The van der Waals surface area contributed by atoms with E-state index in [4.69, 9.17) is 14.6 Å². The summed E-state index contributed by atoms with van der Waals surface area (Å²) >= 11 is 0. The average Bonchev–Trinajstić information content (AvgIpc) is 2.88. The Morgan fingerprint density at radius 1 is 1.00 bits per heavy atom. The molecule has 0 aromatic heterocycles. The van der Waals surface area contributed by atoms with Gasteiger partial charge in [-0.15, -0.1) is 0 Å². The smallest absolute Gasteiger partial charge is 0.290 e. The standard InChI is InChI=1S/C25H21F2NO3.C3H8.CH2O2.2H2/c1-3-14-11-21(29)24-17(5-4-6-18(24)25(14)30)19-13-16(28-2)8-10-22(19)31-23-9-7-15(26)12-20(23)27;1-3-2;2-1-3;;/h4-10,12-14,28H,3,11H2,1-2H3;3H2,1-2H3;1H,(H,2,3);2*1H. The van der Waals surface area contributed by atoms with E-state index in [1.165, 1.54) is 12.5 Å². The van der Waals surface area contributed by atoms with E-state index < -0.39 is 11.6 Å². The number of hydrogen-bond donors (Lipinski definition) is 2. The minimum atomic E-state index is -0.837. The number of carbonyl (C=O) groups excluding carboxylic acids is 2. The van der Waals surface area contributed by atoms with Crippen molar-refractivity contribution in [3.05, 3.63) is 77.4 Å². The van der Waals surface area contributed by atoms with Crippen LogP contribution < -0.4 is 10.1 Å². The van der Waals surface area contributed by atoms with Gasteiger partial charge >= 0.3 is 0 Å². The molecule has 0 radical (unpaired) electrons. The Kier molecular flexibility index (Phi) is 10.9. The van der Waals surface area contributed by atoms with Crippen molar-refractivity contribution < 1.29 is 35.9 Å². The van der Waals surface area contributed by atoms with Gasteiger partial charge in [0.25, 0.3) is 6.47 Å². The number of rotatable bonds is 5. The Bertz CT molecular complexity index is 1270. The van der Waals surface area contributed by atoms with Crippen LogP contribution >= 0.6 is 0 Å². The molecule has 6 nitrogen and oxygen atoms in total. The number of benzene rings is 3. The van der Waals surface area contributed by atoms with Gasteiger partial charge < -0.3 is 15.2 Å². The topological polar surface area (TPSA) is 92.7 Å². The number of hydrogen-bond acceptors (Lipinski definition) is 5. The number of fused-ring (bicyclic) bond motifs is 1. The van der Waals surface area contributed by atoms with Gasteiger partial charge in [-0.25, -0.2) is 8.78 Å². The predicted octanol–water partition coefficient (Wildman–Crippen LogP) is 7.87. The summed E-state index contributed by atoms with van der Waals surface area (Å²) in [6.07, 6.45) is 2.01. The van der Waals surface area contributed by atoms with Crippen LogP contribution in [0.15, 0.2) is 54.6 Å². The molecule has 1 aliphatic rings.